The summed E-state index contributed by atoms with van der Waals surface area (Å²) < 4.78 is 5.49. The van der Waals surface area contributed by atoms with Crippen molar-refractivity contribution < 1.29 is 4.74 Å². The average Bonchev–Trinajstić information content (AvgIpc) is 2.29. The molecule has 0 radical (unpaired) electrons. The number of nitrogens with two attached hydrogens (primary N) is 1. The molecule has 0 fully saturated rings. The highest BCUT2D eigenvalue weighted by Gasteiger charge is 2.05. The molecule has 0 aliphatic rings. The lowest BCUT2D eigenvalue weighted by Gasteiger charge is -2.12. The lowest BCUT2D eigenvalue weighted by Crippen LogP contribution is -2.16. The quantitative estimate of drug-likeness (QED) is 0.597. The van der Waals surface area contributed by atoms with Crippen molar-refractivity contribution in [1.29, 1.82) is 0 Å². The van der Waals surface area contributed by atoms with Crippen LogP contribution in [0.25, 0.3) is 0 Å². The van der Waals surface area contributed by atoms with Crippen molar-refractivity contribution in [3.63, 3.8) is 0 Å². The number of anilines is 1. The molecule has 0 amide bonds. The molecule has 1 rings (SSSR count). The molecule has 3 N–H and O–H groups in total. The molecule has 0 saturated heterocycles. The van der Waals surface area contributed by atoms with E-state index in [1.54, 1.807) is 12.1 Å². The number of nitrogens with one attached hydrogen (secondary N) is 1. The molecule has 0 heterocycles. The SMILES string of the molecule is CC(C)COCCNc1ccc(Cl)cc1C(N)=S. The molecule has 5 heteroatoms. The molecule has 0 aliphatic carbocycles. The molecule has 0 aliphatic heterocycles. The summed E-state index contributed by atoms with van der Waals surface area (Å²) in [6.07, 6.45) is 0. The van der Waals surface area contributed by atoms with Crippen LogP contribution in [0.2, 0.25) is 5.02 Å². The van der Waals surface area contributed by atoms with Crippen molar-refractivity contribution >= 4 is 34.5 Å². The summed E-state index contributed by atoms with van der Waals surface area (Å²) in [5.41, 5.74) is 7.31. The summed E-state index contributed by atoms with van der Waals surface area (Å²) in [6, 6.07) is 5.45. The molecular formula is C13H19ClN2OS. The summed E-state index contributed by atoms with van der Waals surface area (Å²) in [6.45, 7) is 6.38. The standard InChI is InChI=1S/C13H19ClN2OS/c1-9(2)8-17-6-5-16-12-4-3-10(14)7-11(12)13(15)18/h3-4,7,9,16H,5-6,8H2,1-2H3,(H2,15,18). The Morgan fingerprint density at radius 3 is 2.83 bits per heavy atom. The zero-order chi connectivity index (χ0) is 13.5. The maximum Gasteiger partial charge on any atom is 0.106 e. The highest BCUT2D eigenvalue weighted by Crippen LogP contribution is 2.20. The average molecular weight is 287 g/mol. The van der Waals surface area contributed by atoms with Crippen LogP contribution < -0.4 is 11.1 Å². The smallest absolute Gasteiger partial charge is 0.106 e. The molecule has 0 atom stereocenters. The fourth-order valence-electron chi connectivity index (χ4n) is 1.45. The molecule has 1 aromatic carbocycles. The summed E-state index contributed by atoms with van der Waals surface area (Å²) in [4.78, 5) is 0.336. The van der Waals surface area contributed by atoms with Crippen LogP contribution in [0.1, 0.15) is 19.4 Å². The van der Waals surface area contributed by atoms with Gasteiger partial charge in [-0.1, -0.05) is 37.7 Å². The van der Waals surface area contributed by atoms with E-state index in [0.717, 1.165) is 17.9 Å². The Hall–Kier alpha value is -0.840. The molecule has 0 saturated carbocycles. The number of hydrogen-bond acceptors (Lipinski definition) is 3. The number of thiocarbonyl (C=S) groups is 1. The first-order valence-electron chi connectivity index (χ1n) is 5.91. The van der Waals surface area contributed by atoms with E-state index in [1.807, 2.05) is 6.07 Å². The predicted molar refractivity (Wildman–Crippen MR) is 81.5 cm³/mol. The van der Waals surface area contributed by atoms with Crippen molar-refractivity contribution in [3.05, 3.63) is 28.8 Å². The molecule has 0 aromatic heterocycles. The highest BCUT2D eigenvalue weighted by atomic mass is 35.5. The van der Waals surface area contributed by atoms with Gasteiger partial charge in [0.05, 0.1) is 6.61 Å². The Balaban J connectivity index is 2.49. The molecule has 0 unspecified atom stereocenters. The summed E-state index contributed by atoms with van der Waals surface area (Å²) in [5, 5.41) is 3.87. The van der Waals surface area contributed by atoms with E-state index in [0.29, 0.717) is 29.1 Å². The van der Waals surface area contributed by atoms with Gasteiger partial charge in [0, 0.05) is 29.4 Å². The first-order chi connectivity index (χ1) is 8.50. The summed E-state index contributed by atoms with van der Waals surface area (Å²) in [5.74, 6) is 0.549. The van der Waals surface area contributed by atoms with Crippen LogP contribution in [-0.4, -0.2) is 24.7 Å². The van der Waals surface area contributed by atoms with E-state index in [-0.39, 0.29) is 0 Å². The molecule has 100 valence electrons. The van der Waals surface area contributed by atoms with Gasteiger partial charge >= 0.3 is 0 Å². The minimum atomic E-state index is 0.336. The molecule has 0 spiro atoms. The maximum atomic E-state index is 5.91. The van der Waals surface area contributed by atoms with Gasteiger partial charge in [0.15, 0.2) is 0 Å². The van der Waals surface area contributed by atoms with Gasteiger partial charge in [-0.25, -0.2) is 0 Å². The van der Waals surface area contributed by atoms with E-state index in [4.69, 9.17) is 34.3 Å². The van der Waals surface area contributed by atoms with Crippen molar-refractivity contribution in [2.45, 2.75) is 13.8 Å². The van der Waals surface area contributed by atoms with Gasteiger partial charge in [0.1, 0.15) is 4.99 Å². The predicted octanol–water partition coefficient (Wildman–Crippen LogP) is 3.06. The highest BCUT2D eigenvalue weighted by molar-refractivity contribution is 7.80. The lowest BCUT2D eigenvalue weighted by molar-refractivity contribution is 0.118. The zero-order valence-electron chi connectivity index (χ0n) is 10.7. The third-order valence-corrected chi connectivity index (χ3v) is 2.72. The van der Waals surface area contributed by atoms with Crippen LogP contribution in [-0.2, 0) is 4.74 Å². The minimum absolute atomic E-state index is 0.336. The molecule has 1 aromatic rings. The van der Waals surface area contributed by atoms with Crippen LogP contribution in [0.5, 0.6) is 0 Å². The van der Waals surface area contributed by atoms with E-state index >= 15 is 0 Å². The van der Waals surface area contributed by atoms with Gasteiger partial charge < -0.3 is 15.8 Å². The Kier molecular flexibility index (Phi) is 6.39. The van der Waals surface area contributed by atoms with Gasteiger partial charge in [0.2, 0.25) is 0 Å². The second kappa shape index (κ2) is 7.56. The first kappa shape index (κ1) is 15.2. The number of halogens is 1. The summed E-state index contributed by atoms with van der Waals surface area (Å²) >= 11 is 10.9. The fourth-order valence-corrected chi connectivity index (χ4v) is 1.79. The van der Waals surface area contributed by atoms with Crippen LogP contribution in [0.15, 0.2) is 18.2 Å². The topological polar surface area (TPSA) is 47.3 Å². The second-order valence-electron chi connectivity index (χ2n) is 4.45. The zero-order valence-corrected chi connectivity index (χ0v) is 12.3. The van der Waals surface area contributed by atoms with Crippen molar-refractivity contribution in [2.75, 3.05) is 25.1 Å². The molecule has 0 bridgehead atoms. The largest absolute Gasteiger partial charge is 0.389 e. The second-order valence-corrected chi connectivity index (χ2v) is 5.33. The number of hydrogen-bond donors (Lipinski definition) is 2. The summed E-state index contributed by atoms with van der Waals surface area (Å²) in [7, 11) is 0. The Morgan fingerprint density at radius 2 is 2.22 bits per heavy atom. The van der Waals surface area contributed by atoms with Crippen molar-refractivity contribution in [3.8, 4) is 0 Å². The van der Waals surface area contributed by atoms with Gasteiger partial charge in [-0.3, -0.25) is 0 Å². The first-order valence-corrected chi connectivity index (χ1v) is 6.70. The van der Waals surface area contributed by atoms with Gasteiger partial charge in [-0.15, -0.1) is 0 Å². The van der Waals surface area contributed by atoms with E-state index in [9.17, 15) is 0 Å². The third-order valence-electron chi connectivity index (χ3n) is 2.26. The van der Waals surface area contributed by atoms with Crippen LogP contribution in [0.3, 0.4) is 0 Å². The van der Waals surface area contributed by atoms with Gasteiger partial charge in [0.25, 0.3) is 0 Å². The van der Waals surface area contributed by atoms with Crippen molar-refractivity contribution in [2.24, 2.45) is 11.7 Å². The Labute approximate surface area is 119 Å². The Morgan fingerprint density at radius 1 is 1.50 bits per heavy atom. The fraction of sp³-hybridized carbons (Fsp3) is 0.462. The molecule has 3 nitrogen and oxygen atoms in total. The molecular weight excluding hydrogens is 268 g/mol. The lowest BCUT2D eigenvalue weighted by atomic mass is 10.2. The number of rotatable bonds is 7. The van der Waals surface area contributed by atoms with Crippen LogP contribution in [0, 0.1) is 5.92 Å². The normalized spacial score (nSPS) is 10.7. The number of ether oxygens (including phenoxy) is 1. The van der Waals surface area contributed by atoms with Gasteiger partial charge in [-0.05, 0) is 24.1 Å². The Bertz CT molecular complexity index is 410. The minimum Gasteiger partial charge on any atom is -0.389 e. The van der Waals surface area contributed by atoms with Crippen LogP contribution >= 0.6 is 23.8 Å². The van der Waals surface area contributed by atoms with E-state index in [1.165, 1.54) is 0 Å². The number of benzene rings is 1. The van der Waals surface area contributed by atoms with Gasteiger partial charge in [-0.2, -0.15) is 0 Å². The monoisotopic (exact) mass is 286 g/mol. The van der Waals surface area contributed by atoms with E-state index < -0.39 is 0 Å². The third kappa shape index (κ3) is 5.21. The van der Waals surface area contributed by atoms with Crippen molar-refractivity contribution in [1.82, 2.24) is 0 Å². The van der Waals surface area contributed by atoms with E-state index in [2.05, 4.69) is 19.2 Å². The maximum absolute atomic E-state index is 5.91. The molecule has 18 heavy (non-hydrogen) atoms. The van der Waals surface area contributed by atoms with Crippen LogP contribution in [0.4, 0.5) is 5.69 Å².